The summed E-state index contributed by atoms with van der Waals surface area (Å²) >= 11 is 0. The van der Waals surface area contributed by atoms with Crippen LogP contribution in [0, 0.1) is 17.3 Å². The second-order valence-corrected chi connectivity index (χ2v) is 6.04. The van der Waals surface area contributed by atoms with Gasteiger partial charge in [0.25, 0.3) is 0 Å². The molecular weight excluding hydrogens is 216 g/mol. The number of esters is 1. The Balaban J connectivity index is 4.27. The van der Waals surface area contributed by atoms with Crippen molar-refractivity contribution in [3.05, 3.63) is 0 Å². The molecular formula is C14H28O3. The molecule has 0 heterocycles. The van der Waals surface area contributed by atoms with Crippen molar-refractivity contribution in [3.8, 4) is 0 Å². The van der Waals surface area contributed by atoms with Gasteiger partial charge in [-0.3, -0.25) is 4.79 Å². The van der Waals surface area contributed by atoms with Gasteiger partial charge in [-0.25, -0.2) is 0 Å². The molecule has 0 aliphatic rings. The van der Waals surface area contributed by atoms with Gasteiger partial charge in [0.15, 0.2) is 0 Å². The molecule has 2 atom stereocenters. The Labute approximate surface area is 106 Å². The van der Waals surface area contributed by atoms with Gasteiger partial charge < -0.3 is 9.84 Å². The van der Waals surface area contributed by atoms with Crippen LogP contribution in [0.5, 0.6) is 0 Å². The zero-order valence-corrected chi connectivity index (χ0v) is 12.1. The Bertz CT molecular complexity index is 232. The van der Waals surface area contributed by atoms with Crippen molar-refractivity contribution in [2.45, 2.75) is 60.5 Å². The van der Waals surface area contributed by atoms with Crippen LogP contribution in [-0.4, -0.2) is 23.8 Å². The van der Waals surface area contributed by atoms with E-state index in [0.29, 0.717) is 5.92 Å². The first kappa shape index (κ1) is 16.4. The van der Waals surface area contributed by atoms with E-state index < -0.39 is 11.5 Å². The van der Waals surface area contributed by atoms with Crippen molar-refractivity contribution in [2.24, 2.45) is 17.3 Å². The van der Waals surface area contributed by atoms with E-state index in [4.69, 9.17) is 9.84 Å². The fraction of sp³-hybridized carbons (Fsp3) is 0.929. The molecule has 17 heavy (non-hydrogen) atoms. The van der Waals surface area contributed by atoms with E-state index in [-0.39, 0.29) is 18.5 Å². The smallest absolute Gasteiger partial charge is 0.311 e. The second kappa shape index (κ2) is 7.00. The van der Waals surface area contributed by atoms with Gasteiger partial charge in [0.1, 0.15) is 6.61 Å². The molecule has 102 valence electrons. The number of rotatable bonds is 7. The highest BCUT2D eigenvalue weighted by Gasteiger charge is 2.35. The first-order chi connectivity index (χ1) is 7.67. The zero-order chi connectivity index (χ0) is 13.6. The third-order valence-corrected chi connectivity index (χ3v) is 3.39. The van der Waals surface area contributed by atoms with E-state index in [1.165, 1.54) is 0 Å². The summed E-state index contributed by atoms with van der Waals surface area (Å²) in [5.74, 6) is 0.725. The molecule has 2 unspecified atom stereocenters. The Morgan fingerprint density at radius 3 is 2.12 bits per heavy atom. The number of carbonyl (C=O) groups excluding carboxylic acids is 1. The number of aliphatic hydroxyl groups excluding tert-OH is 1. The highest BCUT2D eigenvalue weighted by molar-refractivity contribution is 5.76. The molecule has 3 heteroatoms. The summed E-state index contributed by atoms with van der Waals surface area (Å²) in [6, 6.07) is 0. The summed E-state index contributed by atoms with van der Waals surface area (Å²) < 4.78 is 5.11. The summed E-state index contributed by atoms with van der Waals surface area (Å²) in [6.45, 7) is 12.0. The largest absolute Gasteiger partial charge is 0.463 e. The number of hydrogen-bond acceptors (Lipinski definition) is 3. The molecule has 0 saturated carbocycles. The molecule has 0 radical (unpaired) electrons. The molecule has 0 aromatic heterocycles. The summed E-state index contributed by atoms with van der Waals surface area (Å²) in [4.78, 5) is 11.9. The Morgan fingerprint density at radius 1 is 1.18 bits per heavy atom. The molecule has 1 N–H and O–H groups in total. The van der Waals surface area contributed by atoms with Gasteiger partial charge in [-0.15, -0.1) is 0 Å². The maximum absolute atomic E-state index is 11.9. The fourth-order valence-corrected chi connectivity index (χ4v) is 1.53. The van der Waals surface area contributed by atoms with Crippen LogP contribution in [0.4, 0.5) is 0 Å². The molecule has 0 fully saturated rings. The highest BCUT2D eigenvalue weighted by Crippen LogP contribution is 2.32. The molecule has 3 nitrogen and oxygen atoms in total. The van der Waals surface area contributed by atoms with E-state index >= 15 is 0 Å². The van der Waals surface area contributed by atoms with Crippen LogP contribution in [0.25, 0.3) is 0 Å². The van der Waals surface area contributed by atoms with Crippen molar-refractivity contribution in [1.82, 2.24) is 0 Å². The lowest BCUT2D eigenvalue weighted by molar-refractivity contribution is -0.159. The summed E-state index contributed by atoms with van der Waals surface area (Å²) in [6.07, 6.45) is 1.55. The molecule has 0 spiro atoms. The second-order valence-electron chi connectivity index (χ2n) is 6.04. The van der Waals surface area contributed by atoms with Crippen molar-refractivity contribution < 1.29 is 14.6 Å². The monoisotopic (exact) mass is 244 g/mol. The number of ether oxygens (including phenoxy) is 1. The van der Waals surface area contributed by atoms with Crippen molar-refractivity contribution >= 4 is 5.97 Å². The van der Waals surface area contributed by atoms with Gasteiger partial charge in [-0.05, 0) is 39.0 Å². The minimum absolute atomic E-state index is 0.0825. The predicted octanol–water partition coefficient (Wildman–Crippen LogP) is 3.01. The van der Waals surface area contributed by atoms with Gasteiger partial charge in [0, 0.05) is 0 Å². The van der Waals surface area contributed by atoms with Gasteiger partial charge in [-0.2, -0.15) is 0 Å². The molecule has 0 rings (SSSR count). The van der Waals surface area contributed by atoms with Crippen LogP contribution in [0.1, 0.15) is 54.4 Å². The van der Waals surface area contributed by atoms with E-state index in [2.05, 4.69) is 20.8 Å². The average Bonchev–Trinajstić information content (AvgIpc) is 2.21. The van der Waals surface area contributed by atoms with E-state index in [9.17, 15) is 4.79 Å². The molecule has 0 aromatic rings. The minimum atomic E-state index is -0.597. The van der Waals surface area contributed by atoms with E-state index in [1.54, 1.807) is 6.92 Å². The lowest BCUT2D eigenvalue weighted by Crippen LogP contribution is -2.34. The van der Waals surface area contributed by atoms with Crippen molar-refractivity contribution in [1.29, 1.82) is 0 Å². The van der Waals surface area contributed by atoms with E-state index in [1.807, 2.05) is 13.8 Å². The Morgan fingerprint density at radius 2 is 1.71 bits per heavy atom. The third-order valence-electron chi connectivity index (χ3n) is 3.39. The van der Waals surface area contributed by atoms with Gasteiger partial charge in [0.2, 0.25) is 0 Å². The van der Waals surface area contributed by atoms with E-state index in [0.717, 1.165) is 12.8 Å². The average molecular weight is 244 g/mol. The summed E-state index contributed by atoms with van der Waals surface area (Å²) in [5, 5.41) is 9.10. The SMILES string of the molecule is CC(C)CCC(C)C(C)(C)C(=O)OCC(C)O. The van der Waals surface area contributed by atoms with Crippen LogP contribution in [0.15, 0.2) is 0 Å². The standard InChI is InChI=1S/C14H28O3/c1-10(2)7-8-11(3)14(5,6)13(16)17-9-12(4)15/h10-12,15H,7-9H2,1-6H3. The number of carbonyl (C=O) groups is 1. The highest BCUT2D eigenvalue weighted by atomic mass is 16.5. The fourth-order valence-electron chi connectivity index (χ4n) is 1.53. The molecule has 0 saturated heterocycles. The van der Waals surface area contributed by atoms with Gasteiger partial charge in [0.05, 0.1) is 11.5 Å². The lowest BCUT2D eigenvalue weighted by Gasteiger charge is -2.30. The quantitative estimate of drug-likeness (QED) is 0.700. The number of aliphatic hydroxyl groups is 1. The maximum atomic E-state index is 11.9. The van der Waals surface area contributed by atoms with Crippen molar-refractivity contribution in [3.63, 3.8) is 0 Å². The van der Waals surface area contributed by atoms with Crippen LogP contribution in [0.2, 0.25) is 0 Å². The number of hydrogen-bond donors (Lipinski definition) is 1. The van der Waals surface area contributed by atoms with Crippen LogP contribution in [0.3, 0.4) is 0 Å². The van der Waals surface area contributed by atoms with Crippen LogP contribution < -0.4 is 0 Å². The molecule has 0 aliphatic carbocycles. The van der Waals surface area contributed by atoms with Gasteiger partial charge in [-0.1, -0.05) is 27.2 Å². The molecule has 0 aromatic carbocycles. The third kappa shape index (κ3) is 6.06. The summed E-state index contributed by atoms with van der Waals surface area (Å²) in [5.41, 5.74) is -0.482. The predicted molar refractivity (Wildman–Crippen MR) is 69.7 cm³/mol. The van der Waals surface area contributed by atoms with Gasteiger partial charge >= 0.3 is 5.97 Å². The molecule has 0 bridgehead atoms. The van der Waals surface area contributed by atoms with Crippen LogP contribution >= 0.6 is 0 Å². The Kier molecular flexibility index (Phi) is 6.76. The Hall–Kier alpha value is -0.570. The maximum Gasteiger partial charge on any atom is 0.311 e. The first-order valence-electron chi connectivity index (χ1n) is 6.53. The lowest BCUT2D eigenvalue weighted by atomic mass is 9.77. The summed E-state index contributed by atoms with van der Waals surface area (Å²) in [7, 11) is 0. The topological polar surface area (TPSA) is 46.5 Å². The minimum Gasteiger partial charge on any atom is -0.463 e. The molecule has 0 aliphatic heterocycles. The van der Waals surface area contributed by atoms with Crippen molar-refractivity contribution in [2.75, 3.05) is 6.61 Å². The molecule has 0 amide bonds. The first-order valence-corrected chi connectivity index (χ1v) is 6.53. The zero-order valence-electron chi connectivity index (χ0n) is 12.1. The normalized spacial score (nSPS) is 15.8. The van der Waals surface area contributed by atoms with Crippen LogP contribution in [-0.2, 0) is 9.53 Å².